The van der Waals surface area contributed by atoms with Crippen LogP contribution in [0, 0.1) is 0 Å². The van der Waals surface area contributed by atoms with Gasteiger partial charge in [-0.05, 0) is 22.9 Å². The molecule has 2 aromatic heterocycles. The Kier molecular flexibility index (Phi) is 3.04. The van der Waals surface area contributed by atoms with Gasteiger partial charge in [0.25, 0.3) is 0 Å². The van der Waals surface area contributed by atoms with Crippen molar-refractivity contribution in [3.8, 4) is 0 Å². The van der Waals surface area contributed by atoms with Crippen LogP contribution in [0.5, 0.6) is 0 Å². The van der Waals surface area contributed by atoms with Crippen molar-refractivity contribution < 1.29 is 9.32 Å². The summed E-state index contributed by atoms with van der Waals surface area (Å²) in [7, 11) is 0. The Hall–Kier alpha value is -1.63. The second kappa shape index (κ2) is 4.48. The highest BCUT2D eigenvalue weighted by Gasteiger charge is 2.16. The highest BCUT2D eigenvalue weighted by Crippen LogP contribution is 2.13. The Morgan fingerprint density at radius 1 is 1.69 bits per heavy atom. The molecule has 0 saturated carbocycles. The molecule has 2 rings (SSSR count). The molecule has 0 aliphatic carbocycles. The molecule has 84 valence electrons. The molecule has 1 unspecified atom stereocenters. The van der Waals surface area contributed by atoms with Crippen molar-refractivity contribution in [2.24, 2.45) is 0 Å². The second-order valence-electron chi connectivity index (χ2n) is 3.19. The Morgan fingerprint density at radius 2 is 2.50 bits per heavy atom. The van der Waals surface area contributed by atoms with Crippen LogP contribution in [0.1, 0.15) is 13.0 Å². The van der Waals surface area contributed by atoms with Gasteiger partial charge in [0.15, 0.2) is 5.82 Å². The number of amides is 1. The van der Waals surface area contributed by atoms with E-state index in [1.165, 1.54) is 6.26 Å². The van der Waals surface area contributed by atoms with Gasteiger partial charge < -0.3 is 9.84 Å². The van der Waals surface area contributed by atoms with Crippen molar-refractivity contribution in [3.05, 3.63) is 29.2 Å². The Balaban J connectivity index is 2.05. The lowest BCUT2D eigenvalue weighted by Gasteiger charge is -2.10. The third kappa shape index (κ3) is 2.30. The van der Waals surface area contributed by atoms with Gasteiger partial charge in [0.2, 0.25) is 5.91 Å². The molecule has 0 saturated heterocycles. The number of nitrogens with zero attached hydrogens (tertiary/aromatic N) is 3. The van der Waals surface area contributed by atoms with Gasteiger partial charge in [-0.2, -0.15) is 5.10 Å². The van der Waals surface area contributed by atoms with Crippen molar-refractivity contribution in [2.75, 3.05) is 5.32 Å². The average molecular weight is 285 g/mol. The van der Waals surface area contributed by atoms with E-state index in [1.54, 1.807) is 30.1 Å². The SMILES string of the molecule is CC(C(=O)Nc1ccon1)n1cc(Br)cn1. The standard InChI is InChI=1S/C9H9BrN4O2/c1-6(14-5-7(10)4-11-14)9(15)12-8-2-3-16-13-8/h2-6H,1H3,(H,12,13,15). The van der Waals surface area contributed by atoms with E-state index in [1.807, 2.05) is 0 Å². The van der Waals surface area contributed by atoms with Crippen LogP contribution in [0.2, 0.25) is 0 Å². The molecule has 0 aromatic carbocycles. The quantitative estimate of drug-likeness (QED) is 0.933. The highest BCUT2D eigenvalue weighted by atomic mass is 79.9. The van der Waals surface area contributed by atoms with Crippen LogP contribution in [0.25, 0.3) is 0 Å². The van der Waals surface area contributed by atoms with Gasteiger partial charge in [0, 0.05) is 12.3 Å². The predicted octanol–water partition coefficient (Wildman–Crippen LogP) is 1.83. The number of nitrogens with one attached hydrogen (secondary N) is 1. The molecule has 0 fully saturated rings. The fourth-order valence-corrected chi connectivity index (χ4v) is 1.46. The van der Waals surface area contributed by atoms with Crippen molar-refractivity contribution >= 4 is 27.7 Å². The minimum Gasteiger partial charge on any atom is -0.363 e. The third-order valence-corrected chi connectivity index (χ3v) is 2.44. The highest BCUT2D eigenvalue weighted by molar-refractivity contribution is 9.10. The van der Waals surface area contributed by atoms with E-state index in [4.69, 9.17) is 0 Å². The average Bonchev–Trinajstić information content (AvgIpc) is 2.88. The molecule has 2 heterocycles. The van der Waals surface area contributed by atoms with Crippen LogP contribution in [-0.4, -0.2) is 20.8 Å². The number of carbonyl (C=O) groups excluding carboxylic acids is 1. The van der Waals surface area contributed by atoms with E-state index in [0.717, 1.165) is 4.47 Å². The summed E-state index contributed by atoms with van der Waals surface area (Å²) in [5.74, 6) is 0.188. The summed E-state index contributed by atoms with van der Waals surface area (Å²) < 4.78 is 6.99. The Labute approximate surface area is 99.7 Å². The van der Waals surface area contributed by atoms with Gasteiger partial charge in [-0.15, -0.1) is 0 Å². The molecule has 1 atom stereocenters. The van der Waals surface area contributed by atoms with E-state index in [2.05, 4.69) is 36.0 Å². The van der Waals surface area contributed by atoms with Crippen LogP contribution in [0.4, 0.5) is 5.82 Å². The molecule has 0 aliphatic rings. The number of rotatable bonds is 3. The topological polar surface area (TPSA) is 73.0 Å². The van der Waals surface area contributed by atoms with Crippen molar-refractivity contribution in [3.63, 3.8) is 0 Å². The molecule has 2 aromatic rings. The first-order valence-electron chi connectivity index (χ1n) is 4.57. The normalized spacial score (nSPS) is 12.4. The van der Waals surface area contributed by atoms with Crippen molar-refractivity contribution in [1.29, 1.82) is 0 Å². The summed E-state index contributed by atoms with van der Waals surface area (Å²) >= 11 is 3.27. The number of carbonyl (C=O) groups is 1. The zero-order valence-electron chi connectivity index (χ0n) is 8.42. The molecule has 16 heavy (non-hydrogen) atoms. The third-order valence-electron chi connectivity index (χ3n) is 2.04. The second-order valence-corrected chi connectivity index (χ2v) is 4.10. The van der Waals surface area contributed by atoms with Gasteiger partial charge in [-0.1, -0.05) is 5.16 Å². The smallest absolute Gasteiger partial charge is 0.250 e. The zero-order valence-corrected chi connectivity index (χ0v) is 10.0. The van der Waals surface area contributed by atoms with Crippen molar-refractivity contribution in [2.45, 2.75) is 13.0 Å². The first kappa shape index (κ1) is 10.9. The lowest BCUT2D eigenvalue weighted by molar-refractivity contribution is -0.119. The minimum absolute atomic E-state index is 0.204. The fraction of sp³-hybridized carbons (Fsp3) is 0.222. The molecule has 6 nitrogen and oxygen atoms in total. The van der Waals surface area contributed by atoms with Crippen LogP contribution >= 0.6 is 15.9 Å². The molecule has 1 N–H and O–H groups in total. The Morgan fingerprint density at radius 3 is 3.06 bits per heavy atom. The zero-order chi connectivity index (χ0) is 11.5. The molecule has 7 heteroatoms. The maximum absolute atomic E-state index is 11.8. The molecular formula is C9H9BrN4O2. The molecule has 1 amide bonds. The lowest BCUT2D eigenvalue weighted by atomic mass is 10.3. The molecule has 0 bridgehead atoms. The predicted molar refractivity (Wildman–Crippen MR) is 59.8 cm³/mol. The number of hydrogen-bond acceptors (Lipinski definition) is 4. The molecule has 0 spiro atoms. The van der Waals surface area contributed by atoms with Gasteiger partial charge in [0.1, 0.15) is 12.3 Å². The summed E-state index contributed by atoms with van der Waals surface area (Å²) in [6.45, 7) is 1.74. The number of anilines is 1. The van der Waals surface area contributed by atoms with E-state index in [9.17, 15) is 4.79 Å². The van der Waals surface area contributed by atoms with Gasteiger partial charge in [-0.3, -0.25) is 9.48 Å². The van der Waals surface area contributed by atoms with E-state index in [0.29, 0.717) is 5.82 Å². The molecule has 0 aliphatic heterocycles. The lowest BCUT2D eigenvalue weighted by Crippen LogP contribution is -2.24. The van der Waals surface area contributed by atoms with Crippen LogP contribution in [-0.2, 0) is 4.79 Å². The summed E-state index contributed by atoms with van der Waals surface area (Å²) in [5.41, 5.74) is 0. The summed E-state index contributed by atoms with van der Waals surface area (Å²) in [6.07, 6.45) is 4.75. The number of aromatic nitrogens is 3. The van der Waals surface area contributed by atoms with Gasteiger partial charge in [0.05, 0.1) is 10.7 Å². The largest absolute Gasteiger partial charge is 0.363 e. The van der Waals surface area contributed by atoms with Gasteiger partial charge in [-0.25, -0.2) is 0 Å². The van der Waals surface area contributed by atoms with E-state index >= 15 is 0 Å². The van der Waals surface area contributed by atoms with Crippen LogP contribution in [0.15, 0.2) is 33.7 Å². The first-order chi connectivity index (χ1) is 7.66. The summed E-state index contributed by atoms with van der Waals surface area (Å²) in [4.78, 5) is 11.8. The molecule has 0 radical (unpaired) electrons. The Bertz CT molecular complexity index is 479. The maximum atomic E-state index is 11.8. The first-order valence-corrected chi connectivity index (χ1v) is 5.37. The van der Waals surface area contributed by atoms with Crippen molar-refractivity contribution in [1.82, 2.24) is 14.9 Å². The summed E-state index contributed by atoms with van der Waals surface area (Å²) in [5, 5.41) is 10.2. The van der Waals surface area contributed by atoms with E-state index in [-0.39, 0.29) is 5.91 Å². The van der Waals surface area contributed by atoms with Crippen LogP contribution in [0.3, 0.4) is 0 Å². The minimum atomic E-state index is -0.414. The maximum Gasteiger partial charge on any atom is 0.250 e. The van der Waals surface area contributed by atoms with Crippen LogP contribution < -0.4 is 5.32 Å². The number of hydrogen-bond donors (Lipinski definition) is 1. The van der Waals surface area contributed by atoms with Gasteiger partial charge >= 0.3 is 0 Å². The monoisotopic (exact) mass is 284 g/mol. The molecular weight excluding hydrogens is 276 g/mol. The van der Waals surface area contributed by atoms with E-state index < -0.39 is 6.04 Å². The summed E-state index contributed by atoms with van der Waals surface area (Å²) in [6, 6.07) is 1.16. The fourth-order valence-electron chi connectivity index (χ4n) is 1.15. The number of halogens is 1.